The lowest BCUT2D eigenvalue weighted by atomic mass is 9.94. The van der Waals surface area contributed by atoms with Gasteiger partial charge in [-0.25, -0.2) is 19.5 Å². The molecule has 2 aromatic heterocycles. The molecule has 8 nitrogen and oxygen atoms in total. The third-order valence-corrected chi connectivity index (χ3v) is 8.46. The number of piperidine rings is 1. The molecule has 1 saturated heterocycles. The number of imidazole rings is 1. The van der Waals surface area contributed by atoms with Crippen molar-refractivity contribution in [2.45, 2.75) is 58.4 Å². The second-order valence-electron chi connectivity index (χ2n) is 11.6. The number of fused-ring (bicyclic) bond motifs is 1. The van der Waals surface area contributed by atoms with E-state index in [4.69, 9.17) is 4.98 Å². The van der Waals surface area contributed by atoms with Gasteiger partial charge in [-0.05, 0) is 42.0 Å². The molecule has 0 atom stereocenters. The number of H-pyrrole nitrogens is 1. The Balaban J connectivity index is 1.20. The number of aryl methyl sites for hydroxylation is 1. The summed E-state index contributed by atoms with van der Waals surface area (Å²) in [5, 5.41) is 0. The van der Waals surface area contributed by atoms with Crippen molar-refractivity contribution < 1.29 is 14.2 Å². The third kappa shape index (κ3) is 5.26. The van der Waals surface area contributed by atoms with Crippen LogP contribution in [0.2, 0.25) is 0 Å². The molecule has 2 aliphatic rings. The monoisotopic (exact) mass is 549 g/mol. The highest BCUT2D eigenvalue weighted by Crippen LogP contribution is 2.33. The molecule has 41 heavy (non-hydrogen) atoms. The molecule has 4 heterocycles. The molecule has 0 radical (unpaired) electrons. The number of anilines is 1. The molecule has 0 saturated carbocycles. The number of nitrogens with zero attached hydrogens (tertiary/aromatic N) is 5. The summed E-state index contributed by atoms with van der Waals surface area (Å²) < 4.78 is 2.13. The molecule has 0 bridgehead atoms. The number of amides is 2. The minimum atomic E-state index is 0.0453. The van der Waals surface area contributed by atoms with Crippen molar-refractivity contribution in [1.29, 1.82) is 0 Å². The van der Waals surface area contributed by atoms with Crippen LogP contribution in [0.15, 0.2) is 60.9 Å². The molecule has 0 unspecified atom stereocenters. The summed E-state index contributed by atoms with van der Waals surface area (Å²) >= 11 is 0. The number of carbonyl (C=O) groups excluding carboxylic acids is 2. The van der Waals surface area contributed by atoms with E-state index in [9.17, 15) is 9.59 Å². The second-order valence-corrected chi connectivity index (χ2v) is 11.6. The summed E-state index contributed by atoms with van der Waals surface area (Å²) in [6.45, 7) is 8.06. The van der Waals surface area contributed by atoms with E-state index in [1.165, 1.54) is 11.3 Å². The van der Waals surface area contributed by atoms with Gasteiger partial charge in [-0.15, -0.1) is 0 Å². The molecule has 4 aromatic rings. The van der Waals surface area contributed by atoms with Gasteiger partial charge < -0.3 is 4.90 Å². The molecule has 210 valence electrons. The van der Waals surface area contributed by atoms with Gasteiger partial charge >= 0.3 is 0 Å². The standard InChI is InChI=1S/C33H36N6O2/c1-21(2)27-7-5-6-8-28(27)31-34-18-26-17-30(41)39(33(26)36-31)19-23-9-11-25(12-10-23)32-35-29(20-37(32)4)24-13-15-38(16-14-24)22(3)40/h5-12,18,20-21,24H,13-17,19H2,1-4H3/p+1. The summed E-state index contributed by atoms with van der Waals surface area (Å²) in [6.07, 6.45) is 6.25. The first-order valence-electron chi connectivity index (χ1n) is 14.5. The topological polar surface area (TPSA) is 86.1 Å². The zero-order chi connectivity index (χ0) is 28.7. The summed E-state index contributed by atoms with van der Waals surface area (Å²) in [5.41, 5.74) is 6.43. The summed E-state index contributed by atoms with van der Waals surface area (Å²) in [5.74, 6) is 3.38. The Bertz CT molecular complexity index is 1600. The predicted octanol–water partition coefficient (Wildman–Crippen LogP) is 4.90. The van der Waals surface area contributed by atoms with Crippen LogP contribution in [-0.4, -0.2) is 44.8 Å². The maximum Gasteiger partial charge on any atom is 0.286 e. The predicted molar refractivity (Wildman–Crippen MR) is 158 cm³/mol. The van der Waals surface area contributed by atoms with E-state index in [1.54, 1.807) is 11.8 Å². The number of hydrogen-bond acceptors (Lipinski definition) is 4. The Labute approximate surface area is 241 Å². The summed E-state index contributed by atoms with van der Waals surface area (Å²) in [6, 6.07) is 16.6. The van der Waals surface area contributed by atoms with Gasteiger partial charge in [0, 0.05) is 43.3 Å². The summed E-state index contributed by atoms with van der Waals surface area (Å²) in [7, 11) is 2.06. The van der Waals surface area contributed by atoms with Crippen LogP contribution in [0.1, 0.15) is 67.8 Å². The van der Waals surface area contributed by atoms with Gasteiger partial charge in [-0.1, -0.05) is 50.2 Å². The molecule has 8 heteroatoms. The molecule has 0 aliphatic carbocycles. The van der Waals surface area contributed by atoms with E-state index in [-0.39, 0.29) is 11.8 Å². The second kappa shape index (κ2) is 10.9. The average molecular weight is 550 g/mol. The van der Waals surface area contributed by atoms with Crippen molar-refractivity contribution >= 4 is 17.6 Å². The number of benzene rings is 2. The lowest BCUT2D eigenvalue weighted by molar-refractivity contribution is -0.659. The zero-order valence-corrected chi connectivity index (χ0v) is 24.2. The van der Waals surface area contributed by atoms with Crippen LogP contribution in [0.5, 0.6) is 0 Å². The van der Waals surface area contributed by atoms with Gasteiger partial charge in [0.25, 0.3) is 5.82 Å². The number of aromatic nitrogens is 4. The van der Waals surface area contributed by atoms with Gasteiger partial charge in [0.15, 0.2) is 5.82 Å². The van der Waals surface area contributed by atoms with E-state index in [0.29, 0.717) is 36.4 Å². The van der Waals surface area contributed by atoms with Gasteiger partial charge in [-0.2, -0.15) is 0 Å². The van der Waals surface area contributed by atoms with E-state index < -0.39 is 0 Å². The molecule has 1 fully saturated rings. The van der Waals surface area contributed by atoms with Crippen molar-refractivity contribution in [2.75, 3.05) is 18.0 Å². The molecule has 2 aliphatic heterocycles. The van der Waals surface area contributed by atoms with Crippen LogP contribution in [-0.2, 0) is 29.6 Å². The van der Waals surface area contributed by atoms with Crippen LogP contribution < -0.4 is 9.47 Å². The number of likely N-dealkylation sites (tertiary alicyclic amines) is 1. The summed E-state index contributed by atoms with van der Waals surface area (Å²) in [4.78, 5) is 41.6. The number of carbonyl (C=O) groups is 2. The fourth-order valence-corrected chi connectivity index (χ4v) is 6.10. The van der Waals surface area contributed by atoms with Crippen molar-refractivity contribution in [3.05, 3.63) is 83.3 Å². The van der Waals surface area contributed by atoms with Crippen molar-refractivity contribution in [3.8, 4) is 22.8 Å². The number of rotatable bonds is 6. The normalized spacial score (nSPS) is 15.6. The van der Waals surface area contributed by atoms with E-state index in [2.05, 4.69) is 78.0 Å². The average Bonchev–Trinajstić information content (AvgIpc) is 3.52. The lowest BCUT2D eigenvalue weighted by Crippen LogP contribution is -2.36. The number of nitrogens with one attached hydrogen (secondary N) is 1. The quantitative estimate of drug-likeness (QED) is 0.347. The van der Waals surface area contributed by atoms with Crippen molar-refractivity contribution in [3.63, 3.8) is 0 Å². The first-order valence-corrected chi connectivity index (χ1v) is 14.5. The highest BCUT2D eigenvalue weighted by atomic mass is 16.2. The van der Waals surface area contributed by atoms with E-state index in [0.717, 1.165) is 54.0 Å². The van der Waals surface area contributed by atoms with Gasteiger partial charge in [0.2, 0.25) is 11.8 Å². The number of aromatic amines is 1. The van der Waals surface area contributed by atoms with Crippen LogP contribution in [0.4, 0.5) is 5.82 Å². The van der Waals surface area contributed by atoms with Crippen LogP contribution in [0, 0.1) is 0 Å². The van der Waals surface area contributed by atoms with Crippen LogP contribution >= 0.6 is 0 Å². The minimum absolute atomic E-state index is 0.0453. The van der Waals surface area contributed by atoms with Gasteiger partial charge in [0.05, 0.1) is 25.6 Å². The Kier molecular flexibility index (Phi) is 7.15. The SMILES string of the molecule is CC(=O)N1CCC(c2c[n+](C)c(-c3ccc(CN4C(=O)Cc5cnc(-c6ccccc6C(C)C)nc54)cc3)[nH]2)CC1. The third-order valence-electron chi connectivity index (χ3n) is 8.46. The molecule has 1 N–H and O–H groups in total. The highest BCUT2D eigenvalue weighted by molar-refractivity contribution is 6.00. The zero-order valence-electron chi connectivity index (χ0n) is 24.2. The maximum atomic E-state index is 13.0. The van der Waals surface area contributed by atoms with Gasteiger partial charge in [0.1, 0.15) is 17.7 Å². The molecule has 2 aromatic carbocycles. The Hall–Kier alpha value is -4.33. The van der Waals surface area contributed by atoms with E-state index >= 15 is 0 Å². The highest BCUT2D eigenvalue weighted by Gasteiger charge is 2.31. The number of hydrogen-bond donors (Lipinski definition) is 1. The van der Waals surface area contributed by atoms with Crippen LogP contribution in [0.3, 0.4) is 0 Å². The fraction of sp³-hybridized carbons (Fsp3) is 0.364. The lowest BCUT2D eigenvalue weighted by Gasteiger charge is -2.29. The first-order chi connectivity index (χ1) is 19.8. The first kappa shape index (κ1) is 26.9. The molecular weight excluding hydrogens is 512 g/mol. The van der Waals surface area contributed by atoms with Crippen molar-refractivity contribution in [1.82, 2.24) is 19.9 Å². The molecule has 0 spiro atoms. The van der Waals surface area contributed by atoms with Gasteiger partial charge in [-0.3, -0.25) is 14.5 Å². The smallest absolute Gasteiger partial charge is 0.286 e. The maximum absolute atomic E-state index is 13.0. The largest absolute Gasteiger partial charge is 0.343 e. The Morgan fingerprint density at radius 2 is 1.83 bits per heavy atom. The minimum Gasteiger partial charge on any atom is -0.343 e. The molecular formula is C33H37N6O2+. The Morgan fingerprint density at radius 1 is 1.10 bits per heavy atom. The van der Waals surface area contributed by atoms with E-state index in [1.807, 2.05) is 23.2 Å². The van der Waals surface area contributed by atoms with Crippen molar-refractivity contribution in [2.24, 2.45) is 7.05 Å². The Morgan fingerprint density at radius 3 is 2.54 bits per heavy atom. The van der Waals surface area contributed by atoms with Crippen LogP contribution in [0.25, 0.3) is 22.8 Å². The molecule has 6 rings (SSSR count). The molecule has 2 amide bonds. The fourth-order valence-electron chi connectivity index (χ4n) is 6.10.